The minimum absolute atomic E-state index is 0.146. The molecule has 22 heavy (non-hydrogen) atoms. The lowest BCUT2D eigenvalue weighted by molar-refractivity contribution is -0.384. The maximum absolute atomic E-state index is 12.9. The molecule has 0 aliphatic heterocycles. The number of rotatable bonds is 4. The van der Waals surface area contributed by atoms with Crippen molar-refractivity contribution in [3.05, 3.63) is 57.4 Å². The highest BCUT2D eigenvalue weighted by atomic mass is 35.5. The van der Waals surface area contributed by atoms with Crippen molar-refractivity contribution < 1.29 is 14.1 Å². The van der Waals surface area contributed by atoms with Gasteiger partial charge in [0.15, 0.2) is 0 Å². The summed E-state index contributed by atoms with van der Waals surface area (Å²) < 4.78 is 12.9. The summed E-state index contributed by atoms with van der Waals surface area (Å²) in [5.74, 6) is -0.767. The van der Waals surface area contributed by atoms with E-state index in [1.807, 2.05) is 0 Å². The van der Waals surface area contributed by atoms with Crippen LogP contribution in [0.1, 0.15) is 6.92 Å². The van der Waals surface area contributed by atoms with Crippen molar-refractivity contribution in [2.45, 2.75) is 16.7 Å². The topological polar surface area (TPSA) is 72.2 Å². The molecule has 0 spiro atoms. The van der Waals surface area contributed by atoms with E-state index in [-0.39, 0.29) is 22.2 Å². The molecule has 114 valence electrons. The molecule has 2 aromatic rings. The quantitative estimate of drug-likeness (QED) is 0.657. The van der Waals surface area contributed by atoms with Gasteiger partial charge in [0.25, 0.3) is 5.69 Å². The molecule has 0 fully saturated rings. The summed E-state index contributed by atoms with van der Waals surface area (Å²) in [6, 6.07) is 8.48. The van der Waals surface area contributed by atoms with Crippen LogP contribution in [0.15, 0.2) is 46.2 Å². The number of anilines is 1. The molecular formula is C14H10ClFN2O3S. The lowest BCUT2D eigenvalue weighted by atomic mass is 10.2. The fourth-order valence-corrected chi connectivity index (χ4v) is 2.95. The highest BCUT2D eigenvalue weighted by Crippen LogP contribution is 2.42. The van der Waals surface area contributed by atoms with E-state index in [0.717, 1.165) is 0 Å². The van der Waals surface area contributed by atoms with E-state index < -0.39 is 10.8 Å². The molecule has 0 atom stereocenters. The van der Waals surface area contributed by atoms with Crippen LogP contribution in [0.2, 0.25) is 5.02 Å². The first kappa shape index (κ1) is 16.3. The van der Waals surface area contributed by atoms with Gasteiger partial charge in [-0.1, -0.05) is 23.4 Å². The second-order valence-electron chi connectivity index (χ2n) is 4.27. The van der Waals surface area contributed by atoms with Crippen molar-refractivity contribution in [2.24, 2.45) is 0 Å². The summed E-state index contributed by atoms with van der Waals surface area (Å²) in [6.45, 7) is 1.28. The van der Waals surface area contributed by atoms with Gasteiger partial charge in [-0.15, -0.1) is 0 Å². The summed E-state index contributed by atoms with van der Waals surface area (Å²) >= 11 is 7.23. The molecule has 8 heteroatoms. The summed E-state index contributed by atoms with van der Waals surface area (Å²) in [7, 11) is 0. The molecule has 0 unspecified atom stereocenters. The minimum Gasteiger partial charge on any atom is -0.324 e. The van der Waals surface area contributed by atoms with Gasteiger partial charge in [0, 0.05) is 22.8 Å². The molecule has 0 heterocycles. The smallest absolute Gasteiger partial charge is 0.290 e. The lowest BCUT2D eigenvalue weighted by Crippen LogP contribution is -2.08. The number of carbonyl (C=O) groups is 1. The molecule has 0 radical (unpaired) electrons. The number of hydrogen-bond acceptors (Lipinski definition) is 4. The molecule has 0 aromatic heterocycles. The Morgan fingerprint density at radius 3 is 2.45 bits per heavy atom. The van der Waals surface area contributed by atoms with Gasteiger partial charge in [0.1, 0.15) is 10.8 Å². The van der Waals surface area contributed by atoms with Crippen molar-refractivity contribution >= 4 is 40.6 Å². The molecule has 0 aliphatic rings. The van der Waals surface area contributed by atoms with Gasteiger partial charge in [-0.3, -0.25) is 14.9 Å². The van der Waals surface area contributed by atoms with Gasteiger partial charge < -0.3 is 5.32 Å². The maximum atomic E-state index is 12.9. The van der Waals surface area contributed by atoms with Crippen molar-refractivity contribution in [2.75, 3.05) is 5.32 Å². The average molecular weight is 341 g/mol. The molecule has 5 nitrogen and oxygen atoms in total. The first-order valence-corrected chi connectivity index (χ1v) is 7.26. The second-order valence-corrected chi connectivity index (χ2v) is 5.76. The Morgan fingerprint density at radius 1 is 1.27 bits per heavy atom. The van der Waals surface area contributed by atoms with E-state index in [1.165, 1.54) is 43.0 Å². The standard InChI is InChI=1S/C14H10ClFN2O3S/c1-8(19)17-14-12(7-6-11(13(14)15)18(20)21)22-10-4-2-9(16)3-5-10/h2-7H,1H3,(H,17,19). The van der Waals surface area contributed by atoms with Gasteiger partial charge in [0.2, 0.25) is 5.91 Å². The van der Waals surface area contributed by atoms with E-state index >= 15 is 0 Å². The molecular weight excluding hydrogens is 331 g/mol. The van der Waals surface area contributed by atoms with Gasteiger partial charge >= 0.3 is 0 Å². The fourth-order valence-electron chi connectivity index (χ4n) is 1.70. The number of hydrogen-bond donors (Lipinski definition) is 1. The van der Waals surface area contributed by atoms with E-state index in [1.54, 1.807) is 12.1 Å². The number of nitro benzene ring substituents is 1. The Bertz CT molecular complexity index is 738. The average Bonchev–Trinajstić information content (AvgIpc) is 2.44. The van der Waals surface area contributed by atoms with E-state index in [9.17, 15) is 19.3 Å². The predicted octanol–water partition coefficient (Wildman–Crippen LogP) is 4.50. The largest absolute Gasteiger partial charge is 0.324 e. The van der Waals surface area contributed by atoms with Crippen LogP contribution >= 0.6 is 23.4 Å². The zero-order valence-corrected chi connectivity index (χ0v) is 12.9. The number of nitrogens with one attached hydrogen (secondary N) is 1. The Balaban J connectivity index is 2.45. The summed E-state index contributed by atoms with van der Waals surface area (Å²) in [4.78, 5) is 22.8. The first-order chi connectivity index (χ1) is 10.4. The number of nitrogens with zero attached hydrogens (tertiary/aromatic N) is 1. The fraction of sp³-hybridized carbons (Fsp3) is 0.0714. The van der Waals surface area contributed by atoms with Crippen molar-refractivity contribution in [1.82, 2.24) is 0 Å². The predicted molar refractivity (Wildman–Crippen MR) is 82.9 cm³/mol. The zero-order chi connectivity index (χ0) is 16.3. The molecule has 1 amide bonds. The van der Waals surface area contributed by atoms with E-state index in [4.69, 9.17) is 11.6 Å². The van der Waals surface area contributed by atoms with Crippen molar-refractivity contribution in [3.63, 3.8) is 0 Å². The van der Waals surface area contributed by atoms with Crippen molar-refractivity contribution in [3.8, 4) is 0 Å². The molecule has 0 saturated heterocycles. The van der Waals surface area contributed by atoms with Crippen LogP contribution in [0.4, 0.5) is 15.8 Å². The SMILES string of the molecule is CC(=O)Nc1c(Sc2ccc(F)cc2)ccc([N+](=O)[O-])c1Cl. The summed E-state index contributed by atoms with van der Waals surface area (Å²) in [6.07, 6.45) is 0. The van der Waals surface area contributed by atoms with Crippen LogP contribution in [0.25, 0.3) is 0 Å². The number of nitro groups is 1. The molecule has 1 N–H and O–H groups in total. The Hall–Kier alpha value is -2.12. The number of benzene rings is 2. The molecule has 2 rings (SSSR count). The van der Waals surface area contributed by atoms with Gasteiger partial charge in [-0.2, -0.15) is 0 Å². The van der Waals surface area contributed by atoms with Crippen LogP contribution < -0.4 is 5.32 Å². The third kappa shape index (κ3) is 3.75. The van der Waals surface area contributed by atoms with Crippen LogP contribution in [0, 0.1) is 15.9 Å². The van der Waals surface area contributed by atoms with Gasteiger partial charge in [0.05, 0.1) is 10.6 Å². The van der Waals surface area contributed by atoms with Gasteiger partial charge in [-0.25, -0.2) is 4.39 Å². The minimum atomic E-state index is -0.625. The maximum Gasteiger partial charge on any atom is 0.290 e. The monoisotopic (exact) mass is 340 g/mol. The van der Waals surface area contributed by atoms with Crippen LogP contribution in [-0.2, 0) is 4.79 Å². The Labute approximate surface area is 134 Å². The van der Waals surface area contributed by atoms with E-state index in [0.29, 0.717) is 9.79 Å². The lowest BCUT2D eigenvalue weighted by Gasteiger charge is -2.11. The zero-order valence-electron chi connectivity index (χ0n) is 11.3. The third-order valence-corrected chi connectivity index (χ3v) is 4.07. The summed E-state index contributed by atoms with van der Waals surface area (Å²) in [5, 5.41) is 13.3. The molecule has 0 saturated carbocycles. The number of halogens is 2. The highest BCUT2D eigenvalue weighted by molar-refractivity contribution is 7.99. The normalized spacial score (nSPS) is 10.3. The first-order valence-electron chi connectivity index (χ1n) is 6.06. The van der Waals surface area contributed by atoms with Crippen molar-refractivity contribution in [1.29, 1.82) is 0 Å². The number of amides is 1. The van der Waals surface area contributed by atoms with Gasteiger partial charge in [-0.05, 0) is 30.3 Å². The van der Waals surface area contributed by atoms with Crippen LogP contribution in [0.5, 0.6) is 0 Å². The Morgan fingerprint density at radius 2 is 1.91 bits per heavy atom. The molecule has 2 aromatic carbocycles. The van der Waals surface area contributed by atoms with E-state index in [2.05, 4.69) is 5.32 Å². The van der Waals surface area contributed by atoms with Crippen LogP contribution in [-0.4, -0.2) is 10.8 Å². The molecule has 0 bridgehead atoms. The third-order valence-electron chi connectivity index (χ3n) is 2.62. The second kappa shape index (κ2) is 6.76. The molecule has 0 aliphatic carbocycles. The Kier molecular flexibility index (Phi) is 4.99. The van der Waals surface area contributed by atoms with Crippen LogP contribution in [0.3, 0.4) is 0 Å². The highest BCUT2D eigenvalue weighted by Gasteiger charge is 2.20. The number of carbonyl (C=O) groups excluding carboxylic acids is 1. The summed E-state index contributed by atoms with van der Waals surface area (Å²) in [5.41, 5.74) is -0.133.